The predicted octanol–water partition coefficient (Wildman–Crippen LogP) is 5.20. The summed E-state index contributed by atoms with van der Waals surface area (Å²) < 4.78 is 20.6. The molecule has 0 fully saturated rings. The first-order valence-electron chi connectivity index (χ1n) is 7.06. The Morgan fingerprint density at radius 1 is 0.857 bits per heavy atom. The van der Waals surface area contributed by atoms with Crippen molar-refractivity contribution in [1.29, 1.82) is 0 Å². The molecule has 1 heterocycles. The molecular formula is C18H29FO2. The van der Waals surface area contributed by atoms with Gasteiger partial charge in [0.2, 0.25) is 0 Å². The maximum absolute atomic E-state index is 9.96. The molecule has 0 radical (unpaired) electrons. The van der Waals surface area contributed by atoms with E-state index in [4.69, 9.17) is 10.9 Å². The number of alkyl halides is 1. The Morgan fingerprint density at radius 3 is 1.24 bits per heavy atom. The van der Waals surface area contributed by atoms with Crippen molar-refractivity contribution in [2.75, 3.05) is 14.3 Å². The van der Waals surface area contributed by atoms with Crippen LogP contribution in [0.25, 0.3) is 0 Å². The van der Waals surface area contributed by atoms with Crippen molar-refractivity contribution in [3.8, 4) is 0 Å². The van der Waals surface area contributed by atoms with Crippen molar-refractivity contribution < 1.29 is 15.3 Å². The SMILES string of the molecule is C=C.CO.Cc1ccc(C)cc1.Cc1ccc(C)o1.[2H]CF. The van der Waals surface area contributed by atoms with Gasteiger partial charge >= 0.3 is 0 Å². The normalized spacial score (nSPS) is 8.05. The second kappa shape index (κ2) is 18.1. The second-order valence-electron chi connectivity index (χ2n) is 3.81. The molecule has 120 valence electrons. The minimum absolute atomic E-state index is 0.984. The molecule has 0 atom stereocenters. The third-order valence-electron chi connectivity index (χ3n) is 2.09. The van der Waals surface area contributed by atoms with Crippen molar-refractivity contribution in [2.24, 2.45) is 0 Å². The van der Waals surface area contributed by atoms with Gasteiger partial charge in [-0.2, -0.15) is 0 Å². The lowest BCUT2D eigenvalue weighted by Crippen LogP contribution is -1.70. The van der Waals surface area contributed by atoms with Crippen molar-refractivity contribution in [3.63, 3.8) is 0 Å². The monoisotopic (exact) mass is 297 g/mol. The molecule has 0 saturated carbocycles. The van der Waals surface area contributed by atoms with Crippen molar-refractivity contribution in [3.05, 3.63) is 72.2 Å². The summed E-state index contributed by atoms with van der Waals surface area (Å²) in [6, 6.07) is 12.4. The molecule has 0 aliphatic heterocycles. The zero-order valence-electron chi connectivity index (χ0n) is 14.8. The predicted molar refractivity (Wildman–Crippen MR) is 90.5 cm³/mol. The largest absolute Gasteiger partial charge is 0.467 e. The van der Waals surface area contributed by atoms with Crippen molar-refractivity contribution >= 4 is 0 Å². The molecule has 3 heteroatoms. The molecule has 0 amide bonds. The lowest BCUT2D eigenvalue weighted by Gasteiger charge is -1.90. The van der Waals surface area contributed by atoms with E-state index in [1.807, 2.05) is 26.0 Å². The van der Waals surface area contributed by atoms with E-state index in [0.717, 1.165) is 18.6 Å². The lowest BCUT2D eigenvalue weighted by molar-refractivity contribution is 0.399. The molecule has 0 bridgehead atoms. The summed E-state index contributed by atoms with van der Waals surface area (Å²) in [5.74, 6) is 1.97. The van der Waals surface area contributed by atoms with Crippen LogP contribution in [-0.4, -0.2) is 19.4 Å². The van der Waals surface area contributed by atoms with Gasteiger partial charge in [-0.3, -0.25) is 4.39 Å². The second-order valence-corrected chi connectivity index (χ2v) is 3.81. The average molecular weight is 297 g/mol. The van der Waals surface area contributed by atoms with E-state index < -0.39 is 7.15 Å². The van der Waals surface area contributed by atoms with Crippen LogP contribution in [0.15, 0.2) is 54.0 Å². The minimum Gasteiger partial charge on any atom is -0.467 e. The molecule has 2 nitrogen and oxygen atoms in total. The molecule has 1 N–H and O–H groups in total. The van der Waals surface area contributed by atoms with Gasteiger partial charge in [0.1, 0.15) is 11.5 Å². The summed E-state index contributed by atoms with van der Waals surface area (Å²) in [5.41, 5.74) is 2.66. The molecule has 2 rings (SSSR count). The summed E-state index contributed by atoms with van der Waals surface area (Å²) >= 11 is 0. The van der Waals surface area contributed by atoms with Crippen LogP contribution in [0, 0.1) is 27.7 Å². The number of aliphatic hydroxyl groups excluding tert-OH is 1. The summed E-state index contributed by atoms with van der Waals surface area (Å²) in [6.45, 7) is 14.1. The number of hydrogen-bond acceptors (Lipinski definition) is 2. The van der Waals surface area contributed by atoms with Crippen molar-refractivity contribution in [2.45, 2.75) is 27.7 Å². The van der Waals surface area contributed by atoms with Gasteiger partial charge in [-0.05, 0) is 39.8 Å². The lowest BCUT2D eigenvalue weighted by atomic mass is 10.2. The van der Waals surface area contributed by atoms with E-state index in [-0.39, 0.29) is 0 Å². The van der Waals surface area contributed by atoms with Gasteiger partial charge in [0, 0.05) is 7.11 Å². The van der Waals surface area contributed by atoms with Gasteiger partial charge in [-0.25, -0.2) is 0 Å². The van der Waals surface area contributed by atoms with Crippen LogP contribution in [0.1, 0.15) is 24.0 Å². The number of furan rings is 1. The van der Waals surface area contributed by atoms with Crippen LogP contribution in [0.2, 0.25) is 0 Å². The molecule has 2 aromatic rings. The van der Waals surface area contributed by atoms with Crippen LogP contribution < -0.4 is 0 Å². The van der Waals surface area contributed by atoms with Gasteiger partial charge in [0.25, 0.3) is 0 Å². The standard InChI is InChI=1S/C8H10.C6H8O.C2H4.CH3F.CH4O/c1-7-3-5-8(2)6-4-7;1-5-3-4-6(2)7-5;3*1-2/h3-6H,1-2H3;3-4H,1-2H3;1-2H2;1H3;2H,1H3/i;;;1D;. The van der Waals surface area contributed by atoms with E-state index in [1.54, 1.807) is 0 Å². The zero-order chi connectivity index (χ0) is 18.0. The molecule has 0 unspecified atom stereocenters. The van der Waals surface area contributed by atoms with E-state index >= 15 is 0 Å². The molecule has 0 aliphatic rings. The summed E-state index contributed by atoms with van der Waals surface area (Å²) in [4.78, 5) is 0. The smallest absolute Gasteiger partial charge is 0.101 e. The zero-order valence-corrected chi connectivity index (χ0v) is 13.8. The maximum atomic E-state index is 9.96. The number of benzene rings is 1. The Morgan fingerprint density at radius 2 is 1.10 bits per heavy atom. The van der Waals surface area contributed by atoms with E-state index in [9.17, 15) is 4.39 Å². The first-order chi connectivity index (χ1) is 10.5. The molecule has 0 aliphatic carbocycles. The average Bonchev–Trinajstić information content (AvgIpc) is 2.91. The maximum Gasteiger partial charge on any atom is 0.101 e. The Balaban J connectivity index is -0.000000236. The van der Waals surface area contributed by atoms with Crippen LogP contribution >= 0.6 is 0 Å². The van der Waals surface area contributed by atoms with E-state index in [1.165, 1.54) is 11.1 Å². The highest BCUT2D eigenvalue weighted by Crippen LogP contribution is 2.02. The van der Waals surface area contributed by atoms with Gasteiger partial charge in [0.05, 0.1) is 8.52 Å². The van der Waals surface area contributed by atoms with Gasteiger partial charge in [0.15, 0.2) is 0 Å². The molecular weight excluding hydrogens is 267 g/mol. The Kier molecular flexibility index (Phi) is 18.5. The highest BCUT2D eigenvalue weighted by atomic mass is 19.1. The van der Waals surface area contributed by atoms with Gasteiger partial charge in [-0.15, -0.1) is 13.2 Å². The molecule has 1 aromatic carbocycles. The Labute approximate surface area is 130 Å². The molecule has 21 heavy (non-hydrogen) atoms. The third-order valence-corrected chi connectivity index (χ3v) is 2.09. The number of aryl methyl sites for hydroxylation is 4. The number of rotatable bonds is 0. The summed E-state index contributed by atoms with van der Waals surface area (Å²) in [6.07, 6.45) is 0. The summed E-state index contributed by atoms with van der Waals surface area (Å²) in [5, 5.41) is 7.00. The van der Waals surface area contributed by atoms with E-state index in [0.29, 0.717) is 0 Å². The highest BCUT2D eigenvalue weighted by Gasteiger charge is 1.85. The number of aliphatic hydroxyl groups is 1. The van der Waals surface area contributed by atoms with Crippen LogP contribution in [0.3, 0.4) is 0 Å². The van der Waals surface area contributed by atoms with Gasteiger partial charge in [-0.1, -0.05) is 35.4 Å². The summed E-state index contributed by atoms with van der Waals surface area (Å²) in [7, 11) is 0. The van der Waals surface area contributed by atoms with Crippen LogP contribution in [-0.2, 0) is 0 Å². The number of hydrogen-bond donors (Lipinski definition) is 1. The van der Waals surface area contributed by atoms with Crippen LogP contribution in [0.5, 0.6) is 0 Å². The fourth-order valence-electron chi connectivity index (χ4n) is 1.19. The molecule has 0 saturated heterocycles. The van der Waals surface area contributed by atoms with Crippen molar-refractivity contribution in [1.82, 2.24) is 0 Å². The van der Waals surface area contributed by atoms with Gasteiger partial charge < -0.3 is 9.52 Å². The van der Waals surface area contributed by atoms with E-state index in [2.05, 4.69) is 51.3 Å². The third kappa shape index (κ3) is 16.1. The highest BCUT2D eigenvalue weighted by molar-refractivity contribution is 5.19. The van der Waals surface area contributed by atoms with Crippen LogP contribution in [0.4, 0.5) is 4.39 Å². The fourth-order valence-corrected chi connectivity index (χ4v) is 1.19. The Hall–Kier alpha value is -1.87. The first-order valence-corrected chi connectivity index (χ1v) is 6.35. The molecule has 0 spiro atoms. The molecule has 1 aromatic heterocycles. The Bertz CT molecular complexity index is 401. The topological polar surface area (TPSA) is 33.4 Å². The quantitative estimate of drug-likeness (QED) is 0.678. The fraction of sp³-hybridized carbons (Fsp3) is 0.333. The minimum atomic E-state index is -1.00. The first kappa shape index (κ1) is 21.4. The number of halogens is 1.